The van der Waals surface area contributed by atoms with Gasteiger partial charge in [0.15, 0.2) is 0 Å². The number of benzene rings is 1. The normalized spacial score (nSPS) is 22.7. The summed E-state index contributed by atoms with van der Waals surface area (Å²) < 4.78 is 0. The van der Waals surface area contributed by atoms with Gasteiger partial charge in [-0.2, -0.15) is 0 Å². The zero-order valence-corrected chi connectivity index (χ0v) is 12.4. The number of nitrogens with zero attached hydrogens (tertiary/aromatic N) is 1. The monoisotopic (exact) mass is 288 g/mol. The summed E-state index contributed by atoms with van der Waals surface area (Å²) in [6.07, 6.45) is 7.86. The molecule has 21 heavy (non-hydrogen) atoms. The van der Waals surface area contributed by atoms with Gasteiger partial charge in [0.2, 0.25) is 5.91 Å². The Labute approximate surface area is 126 Å². The fourth-order valence-corrected chi connectivity index (χ4v) is 3.98. The first-order chi connectivity index (χ1) is 10.3. The summed E-state index contributed by atoms with van der Waals surface area (Å²) in [5.41, 5.74) is 3.68. The van der Waals surface area contributed by atoms with Crippen LogP contribution in [0.1, 0.15) is 44.1 Å². The second-order valence-electron chi connectivity index (χ2n) is 6.29. The summed E-state index contributed by atoms with van der Waals surface area (Å²) in [4.78, 5) is 14.8. The lowest BCUT2D eigenvalue weighted by Crippen LogP contribution is -2.40. The van der Waals surface area contributed by atoms with Gasteiger partial charge in [-0.15, -0.1) is 0 Å². The van der Waals surface area contributed by atoms with Crippen LogP contribution < -0.4 is 5.48 Å². The number of hydrogen-bond donors (Lipinski definition) is 2. The Morgan fingerprint density at radius 2 is 1.95 bits per heavy atom. The molecule has 2 fully saturated rings. The Bertz CT molecular complexity index is 497. The van der Waals surface area contributed by atoms with Crippen molar-refractivity contribution >= 4 is 11.6 Å². The molecule has 1 heterocycles. The van der Waals surface area contributed by atoms with E-state index in [4.69, 9.17) is 5.21 Å². The molecule has 3 rings (SSSR count). The third kappa shape index (κ3) is 3.05. The summed E-state index contributed by atoms with van der Waals surface area (Å²) in [6.45, 7) is 0.898. The molecular formula is C17H24N2O2. The van der Waals surface area contributed by atoms with Crippen LogP contribution in [0.3, 0.4) is 0 Å². The van der Waals surface area contributed by atoms with E-state index < -0.39 is 0 Å². The first-order valence-electron chi connectivity index (χ1n) is 8.07. The van der Waals surface area contributed by atoms with Gasteiger partial charge in [0, 0.05) is 12.6 Å². The molecule has 2 aliphatic rings. The van der Waals surface area contributed by atoms with Crippen LogP contribution in [0.4, 0.5) is 5.69 Å². The quantitative estimate of drug-likeness (QED) is 0.836. The van der Waals surface area contributed by atoms with Gasteiger partial charge in [-0.1, -0.05) is 31.0 Å². The standard InChI is InChI=1S/C17H24N2O2/c20-17(12-14-8-3-4-9-15(14)18-21)19-11-5-10-16(19)13-6-1-2-7-13/h3-4,8-9,13,16,18,21H,1-2,5-7,10-12H2. The van der Waals surface area contributed by atoms with Crippen molar-refractivity contribution in [2.24, 2.45) is 5.92 Å². The number of rotatable bonds is 4. The highest BCUT2D eigenvalue weighted by Crippen LogP contribution is 2.35. The van der Waals surface area contributed by atoms with E-state index in [0.717, 1.165) is 24.9 Å². The molecule has 114 valence electrons. The number of amides is 1. The molecular weight excluding hydrogens is 264 g/mol. The van der Waals surface area contributed by atoms with Crippen LogP contribution in [0, 0.1) is 5.92 Å². The summed E-state index contributed by atoms with van der Waals surface area (Å²) in [6, 6.07) is 7.90. The largest absolute Gasteiger partial charge is 0.339 e. The molecule has 1 saturated carbocycles. The van der Waals surface area contributed by atoms with Crippen molar-refractivity contribution in [1.29, 1.82) is 0 Å². The van der Waals surface area contributed by atoms with E-state index in [1.54, 1.807) is 6.07 Å². The number of para-hydroxylation sites is 1. The minimum absolute atomic E-state index is 0.201. The topological polar surface area (TPSA) is 52.6 Å². The fourth-order valence-electron chi connectivity index (χ4n) is 3.98. The summed E-state index contributed by atoms with van der Waals surface area (Å²) in [5, 5.41) is 9.15. The fraction of sp³-hybridized carbons (Fsp3) is 0.588. The van der Waals surface area contributed by atoms with Gasteiger partial charge in [0.1, 0.15) is 0 Å². The van der Waals surface area contributed by atoms with Gasteiger partial charge in [-0.25, -0.2) is 0 Å². The lowest BCUT2D eigenvalue weighted by Gasteiger charge is -2.29. The molecule has 4 heteroatoms. The Morgan fingerprint density at radius 1 is 1.19 bits per heavy atom. The number of carbonyl (C=O) groups is 1. The van der Waals surface area contributed by atoms with E-state index in [0.29, 0.717) is 24.1 Å². The zero-order valence-electron chi connectivity index (χ0n) is 12.4. The van der Waals surface area contributed by atoms with Crippen LogP contribution in [0.5, 0.6) is 0 Å². The second kappa shape index (κ2) is 6.48. The molecule has 1 aliphatic carbocycles. The van der Waals surface area contributed by atoms with Crippen molar-refractivity contribution in [1.82, 2.24) is 4.90 Å². The first-order valence-corrected chi connectivity index (χ1v) is 8.07. The smallest absolute Gasteiger partial charge is 0.227 e. The minimum atomic E-state index is 0.201. The third-order valence-corrected chi connectivity index (χ3v) is 5.04. The number of anilines is 1. The minimum Gasteiger partial charge on any atom is -0.339 e. The number of carbonyl (C=O) groups excluding carboxylic acids is 1. The molecule has 0 aromatic heterocycles. The Morgan fingerprint density at radius 3 is 2.71 bits per heavy atom. The van der Waals surface area contributed by atoms with Crippen molar-refractivity contribution in [2.45, 2.75) is 51.0 Å². The van der Waals surface area contributed by atoms with E-state index in [-0.39, 0.29) is 5.91 Å². The molecule has 2 N–H and O–H groups in total. The van der Waals surface area contributed by atoms with Crippen molar-refractivity contribution in [3.05, 3.63) is 29.8 Å². The van der Waals surface area contributed by atoms with Crippen LogP contribution >= 0.6 is 0 Å². The van der Waals surface area contributed by atoms with Crippen LogP contribution in [0.15, 0.2) is 24.3 Å². The van der Waals surface area contributed by atoms with E-state index >= 15 is 0 Å². The van der Waals surface area contributed by atoms with Crippen molar-refractivity contribution < 1.29 is 10.0 Å². The predicted molar refractivity (Wildman–Crippen MR) is 82.2 cm³/mol. The lowest BCUT2D eigenvalue weighted by molar-refractivity contribution is -0.132. The first kappa shape index (κ1) is 14.4. The molecule has 1 saturated heterocycles. The molecule has 1 aromatic carbocycles. The highest BCUT2D eigenvalue weighted by Gasteiger charge is 2.35. The summed E-state index contributed by atoms with van der Waals surface area (Å²) in [7, 11) is 0. The van der Waals surface area contributed by atoms with Gasteiger partial charge in [-0.3, -0.25) is 15.5 Å². The van der Waals surface area contributed by atoms with Crippen LogP contribution in [-0.4, -0.2) is 28.6 Å². The Balaban J connectivity index is 1.69. The molecule has 0 spiro atoms. The van der Waals surface area contributed by atoms with Crippen LogP contribution in [0.2, 0.25) is 0 Å². The Hall–Kier alpha value is -1.55. The number of nitrogens with one attached hydrogen (secondary N) is 1. The maximum Gasteiger partial charge on any atom is 0.227 e. The van der Waals surface area contributed by atoms with E-state index in [1.165, 1.54) is 25.7 Å². The molecule has 1 atom stereocenters. The van der Waals surface area contributed by atoms with Crippen molar-refractivity contribution in [2.75, 3.05) is 12.0 Å². The van der Waals surface area contributed by atoms with Gasteiger partial charge >= 0.3 is 0 Å². The molecule has 4 nitrogen and oxygen atoms in total. The van der Waals surface area contributed by atoms with Gasteiger partial charge < -0.3 is 4.90 Å². The average Bonchev–Trinajstić information content (AvgIpc) is 3.18. The molecule has 0 radical (unpaired) electrons. The van der Waals surface area contributed by atoms with Crippen molar-refractivity contribution in [3.8, 4) is 0 Å². The SMILES string of the molecule is O=C(Cc1ccccc1NO)N1CCCC1C1CCCC1. The summed E-state index contributed by atoms with van der Waals surface area (Å²) >= 11 is 0. The van der Waals surface area contributed by atoms with Crippen molar-refractivity contribution in [3.63, 3.8) is 0 Å². The molecule has 0 bridgehead atoms. The predicted octanol–water partition coefficient (Wildman–Crippen LogP) is 3.21. The molecule has 1 amide bonds. The molecule has 1 unspecified atom stereocenters. The van der Waals surface area contributed by atoms with E-state index in [1.807, 2.05) is 18.2 Å². The third-order valence-electron chi connectivity index (χ3n) is 5.04. The molecule has 1 aliphatic heterocycles. The van der Waals surface area contributed by atoms with Gasteiger partial charge in [0.05, 0.1) is 12.1 Å². The van der Waals surface area contributed by atoms with Gasteiger partial charge in [0.25, 0.3) is 0 Å². The molecule has 1 aromatic rings. The van der Waals surface area contributed by atoms with Crippen LogP contribution in [-0.2, 0) is 11.2 Å². The Kier molecular flexibility index (Phi) is 4.44. The lowest BCUT2D eigenvalue weighted by atomic mass is 9.95. The average molecular weight is 288 g/mol. The van der Waals surface area contributed by atoms with Gasteiger partial charge in [-0.05, 0) is 43.2 Å². The number of likely N-dealkylation sites (tertiary alicyclic amines) is 1. The highest BCUT2D eigenvalue weighted by atomic mass is 16.5. The van der Waals surface area contributed by atoms with E-state index in [9.17, 15) is 4.79 Å². The van der Waals surface area contributed by atoms with Crippen LogP contribution in [0.25, 0.3) is 0 Å². The maximum atomic E-state index is 12.7. The zero-order chi connectivity index (χ0) is 14.7. The second-order valence-corrected chi connectivity index (χ2v) is 6.29. The highest BCUT2D eigenvalue weighted by molar-refractivity contribution is 5.81. The number of hydrogen-bond acceptors (Lipinski definition) is 3. The van der Waals surface area contributed by atoms with E-state index in [2.05, 4.69) is 10.4 Å². The summed E-state index contributed by atoms with van der Waals surface area (Å²) in [5.74, 6) is 0.912. The maximum absolute atomic E-state index is 12.7.